The Morgan fingerprint density at radius 2 is 1.04 bits per heavy atom. The number of hydrogen-bond donors (Lipinski definition) is 0. The van der Waals surface area contributed by atoms with E-state index in [9.17, 15) is 0 Å². The molecule has 2 atom stereocenters. The van der Waals surface area contributed by atoms with Crippen LogP contribution in [-0.4, -0.2) is 12.8 Å². The van der Waals surface area contributed by atoms with Crippen LogP contribution in [0.1, 0.15) is 37.2 Å². The van der Waals surface area contributed by atoms with Crippen molar-refractivity contribution in [1.82, 2.24) is 0 Å². The summed E-state index contributed by atoms with van der Waals surface area (Å²) in [6, 6.07) is 54.7. The van der Waals surface area contributed by atoms with E-state index in [2.05, 4.69) is 160 Å². The molecule has 0 bridgehead atoms. The summed E-state index contributed by atoms with van der Waals surface area (Å²) >= 11 is 0. The molecule has 46 heavy (non-hydrogen) atoms. The highest BCUT2D eigenvalue weighted by molar-refractivity contribution is 7.00. The maximum absolute atomic E-state index is 2.68. The fraction of sp³-hybridized carbons (Fsp3) is 0.143. The maximum atomic E-state index is 2.68. The maximum Gasteiger partial charge on any atom is 0.252 e. The first kappa shape index (κ1) is 26.0. The van der Waals surface area contributed by atoms with E-state index in [4.69, 9.17) is 0 Å². The fourth-order valence-corrected chi connectivity index (χ4v) is 9.04. The summed E-state index contributed by atoms with van der Waals surface area (Å²) in [4.78, 5) is 7.66. The highest BCUT2D eigenvalue weighted by Crippen LogP contribution is 2.52. The van der Waals surface area contributed by atoms with Crippen LogP contribution in [0, 0.1) is 0 Å². The van der Waals surface area contributed by atoms with E-state index in [-0.39, 0.29) is 6.71 Å². The molecule has 1 saturated carbocycles. The number of hydrogen-bond acceptors (Lipinski definition) is 3. The van der Waals surface area contributed by atoms with Gasteiger partial charge in [0, 0.05) is 57.5 Å². The summed E-state index contributed by atoms with van der Waals surface area (Å²) in [5, 5.41) is 0. The molecule has 3 heterocycles. The normalized spacial score (nSPS) is 18.8. The Morgan fingerprint density at radius 1 is 0.457 bits per heavy atom. The Balaban J connectivity index is 1.22. The SMILES string of the molecule is c1ccc(N2c3ccccc3B3c4ccc(N5c6ccccc6C6CCCCC65)cc4N(c4ccccc4)c4cccc2c43)cc1. The molecule has 1 aliphatic carbocycles. The van der Waals surface area contributed by atoms with E-state index >= 15 is 0 Å². The van der Waals surface area contributed by atoms with Gasteiger partial charge < -0.3 is 14.7 Å². The smallest absolute Gasteiger partial charge is 0.252 e. The number of fused-ring (bicyclic) bond motifs is 7. The summed E-state index contributed by atoms with van der Waals surface area (Å²) < 4.78 is 0. The molecule has 0 aromatic heterocycles. The van der Waals surface area contributed by atoms with Crippen molar-refractivity contribution >= 4 is 68.6 Å². The Kier molecular flexibility index (Phi) is 5.75. The van der Waals surface area contributed by atoms with Crippen LogP contribution >= 0.6 is 0 Å². The molecule has 0 radical (unpaired) electrons. The molecule has 3 nitrogen and oxygen atoms in total. The highest BCUT2D eigenvalue weighted by atomic mass is 15.2. The molecule has 4 aliphatic rings. The number of rotatable bonds is 3. The first-order chi connectivity index (χ1) is 22.9. The Morgan fingerprint density at radius 3 is 1.80 bits per heavy atom. The average molecular weight is 592 g/mol. The monoisotopic (exact) mass is 591 g/mol. The van der Waals surface area contributed by atoms with Crippen molar-refractivity contribution in [2.45, 2.75) is 37.6 Å². The van der Waals surface area contributed by atoms with Crippen molar-refractivity contribution in [3.8, 4) is 0 Å². The Labute approximate surface area is 271 Å². The van der Waals surface area contributed by atoms with Crippen LogP contribution in [0.15, 0.2) is 146 Å². The molecule has 220 valence electrons. The van der Waals surface area contributed by atoms with Crippen LogP contribution in [-0.2, 0) is 0 Å². The van der Waals surface area contributed by atoms with E-state index in [0.717, 1.165) is 0 Å². The van der Waals surface area contributed by atoms with Crippen LogP contribution in [0.5, 0.6) is 0 Å². The van der Waals surface area contributed by atoms with E-state index < -0.39 is 0 Å². The van der Waals surface area contributed by atoms with Crippen molar-refractivity contribution < 1.29 is 0 Å². The van der Waals surface area contributed by atoms with Gasteiger partial charge in [-0.15, -0.1) is 0 Å². The van der Waals surface area contributed by atoms with E-state index in [1.165, 1.54) is 93.1 Å². The lowest BCUT2D eigenvalue weighted by Crippen LogP contribution is -2.61. The molecule has 2 unspecified atom stereocenters. The van der Waals surface area contributed by atoms with E-state index in [0.29, 0.717) is 12.0 Å². The molecular weight excluding hydrogens is 557 g/mol. The van der Waals surface area contributed by atoms with Gasteiger partial charge >= 0.3 is 0 Å². The standard InChI is InChI=1S/C42H34BN3/c1-3-14-29(15-4-1)44-38-23-12-9-20-34(38)43-35-27-26-31(46-36-21-10-7-18-32(36)33-19-8-11-22-37(33)46)28-41(35)45(30-16-5-2-6-17-30)40-25-13-24-39(44)42(40)43/h1-7,9-10,12-18,20-21,23-28,33,37H,8,11,19,22H2. The summed E-state index contributed by atoms with van der Waals surface area (Å²) in [5.41, 5.74) is 15.7. The van der Waals surface area contributed by atoms with Crippen molar-refractivity contribution in [1.29, 1.82) is 0 Å². The summed E-state index contributed by atoms with van der Waals surface area (Å²) in [5.74, 6) is 0.615. The third-order valence-corrected chi connectivity index (χ3v) is 10.8. The second-order valence-corrected chi connectivity index (χ2v) is 13.2. The molecule has 0 spiro atoms. The highest BCUT2D eigenvalue weighted by Gasteiger charge is 2.44. The first-order valence-electron chi connectivity index (χ1n) is 16.8. The third kappa shape index (κ3) is 3.67. The lowest BCUT2D eigenvalue weighted by Gasteiger charge is -2.44. The van der Waals surface area contributed by atoms with Gasteiger partial charge in [0.05, 0.1) is 0 Å². The van der Waals surface area contributed by atoms with Gasteiger partial charge in [-0.25, -0.2) is 0 Å². The largest absolute Gasteiger partial charge is 0.337 e. The lowest BCUT2D eigenvalue weighted by molar-refractivity contribution is 0.402. The minimum Gasteiger partial charge on any atom is -0.337 e. The number of anilines is 8. The van der Waals surface area contributed by atoms with Crippen molar-refractivity contribution in [3.05, 3.63) is 151 Å². The van der Waals surface area contributed by atoms with Gasteiger partial charge in [0.1, 0.15) is 0 Å². The van der Waals surface area contributed by atoms with E-state index in [1.807, 2.05) is 0 Å². The topological polar surface area (TPSA) is 9.72 Å². The zero-order valence-corrected chi connectivity index (χ0v) is 25.8. The second kappa shape index (κ2) is 10.2. The van der Waals surface area contributed by atoms with Crippen LogP contribution in [0.3, 0.4) is 0 Å². The number of para-hydroxylation sites is 4. The zero-order chi connectivity index (χ0) is 30.2. The van der Waals surface area contributed by atoms with Crippen molar-refractivity contribution in [3.63, 3.8) is 0 Å². The molecule has 6 aromatic rings. The summed E-state index contributed by atoms with van der Waals surface area (Å²) in [7, 11) is 0. The molecule has 3 aliphatic heterocycles. The van der Waals surface area contributed by atoms with Crippen LogP contribution in [0.2, 0.25) is 0 Å². The van der Waals surface area contributed by atoms with Gasteiger partial charge in [0.25, 0.3) is 6.71 Å². The predicted molar refractivity (Wildman–Crippen MR) is 194 cm³/mol. The Bertz CT molecular complexity index is 2110. The minimum absolute atomic E-state index is 0.139. The van der Waals surface area contributed by atoms with Crippen molar-refractivity contribution in [2.75, 3.05) is 14.7 Å². The summed E-state index contributed by atoms with van der Waals surface area (Å²) in [6.07, 6.45) is 5.16. The van der Waals surface area contributed by atoms with Gasteiger partial charge in [-0.1, -0.05) is 97.8 Å². The van der Waals surface area contributed by atoms with Gasteiger partial charge in [0.2, 0.25) is 0 Å². The fourth-order valence-electron chi connectivity index (χ4n) is 9.04. The van der Waals surface area contributed by atoms with Gasteiger partial charge in [-0.3, -0.25) is 0 Å². The van der Waals surface area contributed by atoms with Crippen molar-refractivity contribution in [2.24, 2.45) is 0 Å². The average Bonchev–Trinajstić information content (AvgIpc) is 3.46. The molecule has 10 rings (SSSR count). The molecule has 1 fully saturated rings. The summed E-state index contributed by atoms with van der Waals surface area (Å²) in [6.45, 7) is 0.139. The predicted octanol–water partition coefficient (Wildman–Crippen LogP) is 8.95. The first-order valence-corrected chi connectivity index (χ1v) is 16.8. The third-order valence-electron chi connectivity index (χ3n) is 10.8. The quantitative estimate of drug-likeness (QED) is 0.190. The molecule has 0 N–H and O–H groups in total. The molecule has 0 amide bonds. The number of nitrogens with zero attached hydrogens (tertiary/aromatic N) is 3. The minimum atomic E-state index is 0.139. The van der Waals surface area contributed by atoms with Crippen LogP contribution in [0.25, 0.3) is 0 Å². The van der Waals surface area contributed by atoms with Crippen LogP contribution in [0.4, 0.5) is 45.5 Å². The number of benzene rings is 6. The zero-order valence-electron chi connectivity index (χ0n) is 25.8. The molecule has 4 heteroatoms. The van der Waals surface area contributed by atoms with Crippen LogP contribution < -0.4 is 31.1 Å². The van der Waals surface area contributed by atoms with E-state index in [1.54, 1.807) is 0 Å². The van der Waals surface area contributed by atoms with Gasteiger partial charge in [-0.2, -0.15) is 0 Å². The van der Waals surface area contributed by atoms with Gasteiger partial charge in [0.15, 0.2) is 0 Å². The molecular formula is C42H34BN3. The van der Waals surface area contributed by atoms with Gasteiger partial charge in [-0.05, 0) is 95.5 Å². The molecule has 6 aromatic carbocycles. The second-order valence-electron chi connectivity index (χ2n) is 13.2. The lowest BCUT2D eigenvalue weighted by atomic mass is 9.33. The molecule has 0 saturated heterocycles. The Hall–Kier alpha value is -5.22.